The number of carbonyl (C=O) groups excluding carboxylic acids is 2. The third-order valence-corrected chi connectivity index (χ3v) is 3.81. The van der Waals surface area contributed by atoms with E-state index in [1.165, 1.54) is 4.90 Å². The first-order valence-corrected chi connectivity index (χ1v) is 7.68. The van der Waals surface area contributed by atoms with Crippen LogP contribution in [0.2, 0.25) is 0 Å². The lowest BCUT2D eigenvalue weighted by Crippen LogP contribution is -2.35. The van der Waals surface area contributed by atoms with Crippen LogP contribution >= 0.6 is 0 Å². The van der Waals surface area contributed by atoms with Gasteiger partial charge in [0.15, 0.2) is 0 Å². The number of aryl methyl sites for hydroxylation is 2. The van der Waals surface area contributed by atoms with Gasteiger partial charge in [-0.15, -0.1) is 0 Å². The lowest BCUT2D eigenvalue weighted by atomic mass is 10.1. The third-order valence-electron chi connectivity index (χ3n) is 3.81. The van der Waals surface area contributed by atoms with Crippen LogP contribution in [0.15, 0.2) is 42.5 Å². The summed E-state index contributed by atoms with van der Waals surface area (Å²) in [6.07, 6.45) is 0. The number of rotatable bonds is 5. The van der Waals surface area contributed by atoms with Gasteiger partial charge < -0.3 is 15.0 Å². The first kappa shape index (κ1) is 17.5. The molecule has 0 saturated carbocycles. The normalized spacial score (nSPS) is 10.2. The van der Waals surface area contributed by atoms with Gasteiger partial charge in [0.1, 0.15) is 5.75 Å². The number of ether oxygens (including phenoxy) is 1. The number of hydrogen-bond acceptors (Lipinski definition) is 3. The molecule has 0 unspecified atom stereocenters. The molecule has 0 aliphatic heterocycles. The summed E-state index contributed by atoms with van der Waals surface area (Å²) in [5.74, 6) is 0.244. The smallest absolute Gasteiger partial charge is 0.254 e. The van der Waals surface area contributed by atoms with Crippen molar-refractivity contribution in [1.29, 1.82) is 0 Å². The van der Waals surface area contributed by atoms with Crippen molar-refractivity contribution in [2.24, 2.45) is 0 Å². The predicted octanol–water partition coefficient (Wildman–Crippen LogP) is 3.02. The molecule has 2 aromatic rings. The van der Waals surface area contributed by atoms with E-state index in [-0.39, 0.29) is 18.4 Å². The van der Waals surface area contributed by atoms with Crippen molar-refractivity contribution < 1.29 is 14.3 Å². The number of benzene rings is 2. The van der Waals surface area contributed by atoms with E-state index in [0.717, 1.165) is 16.8 Å². The van der Waals surface area contributed by atoms with Gasteiger partial charge in [-0.2, -0.15) is 0 Å². The van der Waals surface area contributed by atoms with Gasteiger partial charge >= 0.3 is 0 Å². The van der Waals surface area contributed by atoms with E-state index in [4.69, 9.17) is 4.74 Å². The Balaban J connectivity index is 2.01. The predicted molar refractivity (Wildman–Crippen MR) is 94.5 cm³/mol. The molecule has 0 spiro atoms. The Morgan fingerprint density at radius 3 is 2.17 bits per heavy atom. The van der Waals surface area contributed by atoms with Crippen LogP contribution in [0.3, 0.4) is 0 Å². The molecule has 24 heavy (non-hydrogen) atoms. The molecule has 1 N–H and O–H groups in total. The number of carbonyl (C=O) groups is 2. The highest BCUT2D eigenvalue weighted by Crippen LogP contribution is 2.19. The number of nitrogens with zero attached hydrogens (tertiary/aromatic N) is 1. The summed E-state index contributed by atoms with van der Waals surface area (Å²) < 4.78 is 5.07. The maximum atomic E-state index is 12.4. The van der Waals surface area contributed by atoms with Gasteiger partial charge in [0.2, 0.25) is 5.91 Å². The zero-order valence-corrected chi connectivity index (χ0v) is 14.4. The Morgan fingerprint density at radius 2 is 1.62 bits per heavy atom. The van der Waals surface area contributed by atoms with Crippen LogP contribution in [0, 0.1) is 13.8 Å². The number of nitrogens with one attached hydrogen (secondary N) is 1. The fourth-order valence-electron chi connectivity index (χ4n) is 2.43. The molecule has 2 aromatic carbocycles. The lowest BCUT2D eigenvalue weighted by molar-refractivity contribution is -0.116. The Kier molecular flexibility index (Phi) is 5.58. The zero-order chi connectivity index (χ0) is 17.7. The van der Waals surface area contributed by atoms with Crippen molar-refractivity contribution in [3.8, 4) is 5.75 Å². The van der Waals surface area contributed by atoms with E-state index in [2.05, 4.69) is 5.32 Å². The van der Waals surface area contributed by atoms with Crippen molar-refractivity contribution in [3.63, 3.8) is 0 Å². The average molecular weight is 326 g/mol. The summed E-state index contributed by atoms with van der Waals surface area (Å²) in [5.41, 5.74) is 3.30. The Morgan fingerprint density at radius 1 is 1.04 bits per heavy atom. The van der Waals surface area contributed by atoms with Crippen LogP contribution in [0.4, 0.5) is 5.69 Å². The second-order valence-corrected chi connectivity index (χ2v) is 5.70. The number of anilines is 1. The first-order chi connectivity index (χ1) is 11.4. The van der Waals surface area contributed by atoms with Crippen LogP contribution in [-0.4, -0.2) is 37.4 Å². The highest BCUT2D eigenvalue weighted by atomic mass is 16.5. The highest BCUT2D eigenvalue weighted by molar-refractivity contribution is 5.99. The fourth-order valence-corrected chi connectivity index (χ4v) is 2.43. The average Bonchev–Trinajstić information content (AvgIpc) is 2.57. The minimum Gasteiger partial charge on any atom is -0.497 e. The molecule has 2 rings (SSSR count). The minimum absolute atomic E-state index is 0.0152. The second-order valence-electron chi connectivity index (χ2n) is 5.70. The van der Waals surface area contributed by atoms with E-state index < -0.39 is 0 Å². The number of likely N-dealkylation sites (N-methyl/N-ethyl adjacent to an activating group) is 1. The van der Waals surface area contributed by atoms with Crippen LogP contribution in [0.5, 0.6) is 5.75 Å². The molecular weight excluding hydrogens is 304 g/mol. The summed E-state index contributed by atoms with van der Waals surface area (Å²) >= 11 is 0. The van der Waals surface area contributed by atoms with Crippen LogP contribution in [0.25, 0.3) is 0 Å². The molecule has 5 nitrogen and oxygen atoms in total. The van der Waals surface area contributed by atoms with Gasteiger partial charge in [0.25, 0.3) is 5.91 Å². The Hall–Kier alpha value is -2.82. The largest absolute Gasteiger partial charge is 0.497 e. The molecule has 0 aliphatic rings. The van der Waals surface area contributed by atoms with Gasteiger partial charge in [-0.1, -0.05) is 18.2 Å². The molecule has 0 bridgehead atoms. The zero-order valence-electron chi connectivity index (χ0n) is 14.4. The Labute approximate surface area is 142 Å². The number of hydrogen-bond donors (Lipinski definition) is 1. The van der Waals surface area contributed by atoms with E-state index >= 15 is 0 Å². The van der Waals surface area contributed by atoms with Gasteiger partial charge in [-0.3, -0.25) is 9.59 Å². The molecule has 5 heteroatoms. The molecule has 0 aromatic heterocycles. The van der Waals surface area contributed by atoms with Gasteiger partial charge in [-0.05, 0) is 49.2 Å². The summed E-state index contributed by atoms with van der Waals surface area (Å²) in [7, 11) is 3.18. The summed E-state index contributed by atoms with van der Waals surface area (Å²) in [6.45, 7) is 3.86. The SMILES string of the molecule is COc1ccc(C(=O)N(C)CC(=O)Nc2c(C)cccc2C)cc1. The number of amides is 2. The van der Waals surface area contributed by atoms with E-state index in [9.17, 15) is 9.59 Å². The molecule has 0 fully saturated rings. The van der Waals surface area contributed by atoms with Crippen molar-refractivity contribution in [3.05, 3.63) is 59.2 Å². The van der Waals surface area contributed by atoms with Crippen molar-refractivity contribution in [1.82, 2.24) is 4.90 Å². The standard InChI is InChI=1S/C19H22N2O3/c1-13-6-5-7-14(2)18(13)20-17(22)12-21(3)19(23)15-8-10-16(24-4)11-9-15/h5-11H,12H2,1-4H3,(H,20,22). The minimum atomic E-state index is -0.225. The molecule has 0 radical (unpaired) electrons. The summed E-state index contributed by atoms with van der Waals surface area (Å²) in [5, 5.41) is 2.88. The van der Waals surface area contributed by atoms with E-state index in [1.807, 2.05) is 32.0 Å². The van der Waals surface area contributed by atoms with Crippen molar-refractivity contribution >= 4 is 17.5 Å². The molecule has 0 saturated heterocycles. The molecule has 0 atom stereocenters. The first-order valence-electron chi connectivity index (χ1n) is 7.68. The molecule has 0 aliphatic carbocycles. The van der Waals surface area contributed by atoms with Gasteiger partial charge in [0.05, 0.1) is 13.7 Å². The monoisotopic (exact) mass is 326 g/mol. The lowest BCUT2D eigenvalue weighted by Gasteiger charge is -2.18. The number of para-hydroxylation sites is 1. The quantitative estimate of drug-likeness (QED) is 0.919. The van der Waals surface area contributed by atoms with Crippen molar-refractivity contribution in [2.75, 3.05) is 26.0 Å². The molecule has 126 valence electrons. The summed E-state index contributed by atoms with van der Waals surface area (Å²) in [4.78, 5) is 26.0. The van der Waals surface area contributed by atoms with Crippen LogP contribution in [-0.2, 0) is 4.79 Å². The van der Waals surface area contributed by atoms with E-state index in [0.29, 0.717) is 11.3 Å². The topological polar surface area (TPSA) is 58.6 Å². The third kappa shape index (κ3) is 4.13. The highest BCUT2D eigenvalue weighted by Gasteiger charge is 2.16. The fraction of sp³-hybridized carbons (Fsp3) is 0.263. The molecular formula is C19H22N2O3. The maximum absolute atomic E-state index is 12.4. The Bertz CT molecular complexity index is 719. The van der Waals surface area contributed by atoms with Crippen LogP contribution < -0.4 is 10.1 Å². The summed E-state index contributed by atoms with van der Waals surface area (Å²) in [6, 6.07) is 12.6. The van der Waals surface area contributed by atoms with E-state index in [1.54, 1.807) is 38.4 Å². The molecule has 2 amide bonds. The maximum Gasteiger partial charge on any atom is 0.254 e. The van der Waals surface area contributed by atoms with Crippen LogP contribution in [0.1, 0.15) is 21.5 Å². The van der Waals surface area contributed by atoms with Gasteiger partial charge in [-0.25, -0.2) is 0 Å². The molecule has 0 heterocycles. The second kappa shape index (κ2) is 7.64. The van der Waals surface area contributed by atoms with Crippen molar-refractivity contribution in [2.45, 2.75) is 13.8 Å². The van der Waals surface area contributed by atoms with Gasteiger partial charge in [0, 0.05) is 18.3 Å². The number of methoxy groups -OCH3 is 1.